The van der Waals surface area contributed by atoms with Gasteiger partial charge in [-0.2, -0.15) is 0 Å². The molecule has 0 unspecified atom stereocenters. The van der Waals surface area contributed by atoms with E-state index in [1.54, 1.807) is 47.5 Å². The van der Waals surface area contributed by atoms with Crippen molar-refractivity contribution >= 4 is 23.6 Å². The van der Waals surface area contributed by atoms with Crippen LogP contribution < -0.4 is 10.6 Å². The number of piperidine rings is 1. The van der Waals surface area contributed by atoms with E-state index in [0.717, 1.165) is 5.56 Å². The minimum atomic E-state index is -0.801. The number of rotatable bonds is 5. The summed E-state index contributed by atoms with van der Waals surface area (Å²) in [7, 11) is 0. The minimum Gasteiger partial charge on any atom is -0.481 e. The first-order chi connectivity index (χ1) is 13.5. The van der Waals surface area contributed by atoms with Gasteiger partial charge in [-0.1, -0.05) is 18.2 Å². The normalized spacial score (nSPS) is 14.4. The molecule has 0 spiro atoms. The highest BCUT2D eigenvalue weighted by molar-refractivity contribution is 6.02. The maximum absolute atomic E-state index is 12.3. The summed E-state index contributed by atoms with van der Waals surface area (Å²) in [5.74, 6) is -1.48. The number of carbonyl (C=O) groups is 3. The van der Waals surface area contributed by atoms with Crippen molar-refractivity contribution in [1.82, 2.24) is 15.2 Å². The predicted molar refractivity (Wildman–Crippen MR) is 103 cm³/mol. The van der Waals surface area contributed by atoms with Crippen LogP contribution in [0.15, 0.2) is 48.7 Å². The number of nitrogens with one attached hydrogen (secondary N) is 2. The average molecular weight is 382 g/mol. The number of benzene rings is 1. The Morgan fingerprint density at radius 2 is 1.89 bits per heavy atom. The number of amides is 3. The molecule has 146 valence electrons. The van der Waals surface area contributed by atoms with Crippen LogP contribution in [0.5, 0.6) is 0 Å². The second-order valence-corrected chi connectivity index (χ2v) is 6.63. The fourth-order valence-electron chi connectivity index (χ4n) is 3.07. The molecule has 1 aromatic heterocycles. The molecule has 3 amide bonds. The molecule has 0 atom stereocenters. The van der Waals surface area contributed by atoms with Crippen molar-refractivity contribution in [3.05, 3.63) is 59.9 Å². The third kappa shape index (κ3) is 5.06. The predicted octanol–water partition coefficient (Wildman–Crippen LogP) is 2.34. The molecule has 0 bridgehead atoms. The van der Waals surface area contributed by atoms with Crippen LogP contribution in [0.3, 0.4) is 0 Å². The number of carboxylic acids is 1. The van der Waals surface area contributed by atoms with Gasteiger partial charge in [-0.15, -0.1) is 0 Å². The molecule has 8 nitrogen and oxygen atoms in total. The van der Waals surface area contributed by atoms with Gasteiger partial charge >= 0.3 is 12.0 Å². The molecule has 8 heteroatoms. The van der Waals surface area contributed by atoms with Crippen molar-refractivity contribution in [1.29, 1.82) is 0 Å². The minimum absolute atomic E-state index is 0.216. The summed E-state index contributed by atoms with van der Waals surface area (Å²) >= 11 is 0. The van der Waals surface area contributed by atoms with Gasteiger partial charge in [0.2, 0.25) is 0 Å². The molecule has 0 radical (unpaired) electrons. The number of aliphatic carboxylic acids is 1. The molecule has 3 N–H and O–H groups in total. The number of likely N-dealkylation sites (tertiary alicyclic amines) is 1. The molecule has 0 saturated carbocycles. The van der Waals surface area contributed by atoms with Crippen LogP contribution in [-0.4, -0.2) is 46.0 Å². The molecular formula is C20H22N4O4. The highest BCUT2D eigenvalue weighted by Gasteiger charge is 2.26. The maximum atomic E-state index is 12.3. The van der Waals surface area contributed by atoms with Gasteiger partial charge in [-0.05, 0) is 42.7 Å². The first-order valence-corrected chi connectivity index (χ1v) is 9.10. The van der Waals surface area contributed by atoms with Gasteiger partial charge in [-0.3, -0.25) is 14.6 Å². The summed E-state index contributed by atoms with van der Waals surface area (Å²) in [5.41, 5.74) is 1.78. The Balaban J connectivity index is 1.51. The quantitative estimate of drug-likeness (QED) is 0.735. The van der Waals surface area contributed by atoms with E-state index in [9.17, 15) is 14.4 Å². The van der Waals surface area contributed by atoms with Crippen LogP contribution in [0.4, 0.5) is 10.5 Å². The Hall–Kier alpha value is -3.42. The summed E-state index contributed by atoms with van der Waals surface area (Å²) in [4.78, 5) is 41.1. The number of aromatic nitrogens is 1. The molecule has 28 heavy (non-hydrogen) atoms. The Bertz CT molecular complexity index is 848. The summed E-state index contributed by atoms with van der Waals surface area (Å²) in [5, 5.41) is 14.6. The number of pyridine rings is 1. The molecule has 1 aliphatic heterocycles. The van der Waals surface area contributed by atoms with Crippen molar-refractivity contribution in [2.45, 2.75) is 19.4 Å². The summed E-state index contributed by atoms with van der Waals surface area (Å²) in [6.07, 6.45) is 2.50. The van der Waals surface area contributed by atoms with Gasteiger partial charge in [0, 0.05) is 31.5 Å². The number of carbonyl (C=O) groups excluding carboxylic acids is 2. The van der Waals surface area contributed by atoms with Crippen molar-refractivity contribution in [3.63, 3.8) is 0 Å². The van der Waals surface area contributed by atoms with Crippen molar-refractivity contribution in [2.24, 2.45) is 5.92 Å². The van der Waals surface area contributed by atoms with Crippen LogP contribution in [0.1, 0.15) is 28.9 Å². The first kappa shape index (κ1) is 19.3. The zero-order valence-electron chi connectivity index (χ0n) is 15.3. The monoisotopic (exact) mass is 382 g/mol. The zero-order valence-corrected chi connectivity index (χ0v) is 15.3. The van der Waals surface area contributed by atoms with Crippen LogP contribution >= 0.6 is 0 Å². The maximum Gasteiger partial charge on any atom is 0.317 e. The highest BCUT2D eigenvalue weighted by atomic mass is 16.4. The molecular weight excluding hydrogens is 360 g/mol. The molecule has 2 heterocycles. The Labute approximate surface area is 162 Å². The Kier molecular flexibility index (Phi) is 6.21. The Morgan fingerprint density at radius 3 is 2.57 bits per heavy atom. The van der Waals surface area contributed by atoms with E-state index in [-0.39, 0.29) is 17.9 Å². The van der Waals surface area contributed by atoms with E-state index < -0.39 is 5.97 Å². The van der Waals surface area contributed by atoms with Crippen molar-refractivity contribution in [3.8, 4) is 0 Å². The molecule has 2 aromatic rings. The van der Waals surface area contributed by atoms with Gasteiger partial charge in [0.25, 0.3) is 5.91 Å². The second-order valence-electron chi connectivity index (χ2n) is 6.63. The molecule has 3 rings (SSSR count). The third-order valence-corrected chi connectivity index (χ3v) is 4.66. The average Bonchev–Trinajstić information content (AvgIpc) is 2.73. The van der Waals surface area contributed by atoms with E-state index in [1.165, 1.54) is 0 Å². The Morgan fingerprint density at radius 1 is 1.11 bits per heavy atom. The van der Waals surface area contributed by atoms with Gasteiger partial charge in [0.1, 0.15) is 5.69 Å². The number of carboxylic acid groups (broad SMARTS) is 1. The standard InChI is InChI=1S/C20H22N4O4/c25-18(17-6-1-2-9-21-17)23-16-5-3-4-14(12-16)13-22-20(28)24-10-7-15(8-11-24)19(26)27/h1-6,9,12,15H,7-8,10-11,13H2,(H,22,28)(H,23,25)(H,26,27). The lowest BCUT2D eigenvalue weighted by atomic mass is 9.97. The van der Waals surface area contributed by atoms with E-state index in [4.69, 9.17) is 5.11 Å². The van der Waals surface area contributed by atoms with Crippen LogP contribution in [0.25, 0.3) is 0 Å². The number of urea groups is 1. The SMILES string of the molecule is O=C(Nc1cccc(CNC(=O)N2CCC(C(=O)O)CC2)c1)c1ccccn1. The lowest BCUT2D eigenvalue weighted by Gasteiger charge is -2.30. The number of hydrogen-bond donors (Lipinski definition) is 3. The van der Waals surface area contributed by atoms with Crippen LogP contribution in [0.2, 0.25) is 0 Å². The van der Waals surface area contributed by atoms with Gasteiger partial charge < -0.3 is 20.6 Å². The van der Waals surface area contributed by atoms with E-state index in [0.29, 0.717) is 43.9 Å². The molecule has 1 saturated heterocycles. The van der Waals surface area contributed by atoms with Crippen LogP contribution in [0, 0.1) is 5.92 Å². The third-order valence-electron chi connectivity index (χ3n) is 4.66. The lowest BCUT2D eigenvalue weighted by molar-refractivity contribution is -0.143. The number of nitrogens with zero attached hydrogens (tertiary/aromatic N) is 2. The first-order valence-electron chi connectivity index (χ1n) is 9.10. The van der Waals surface area contributed by atoms with Crippen LogP contribution in [-0.2, 0) is 11.3 Å². The fraction of sp³-hybridized carbons (Fsp3) is 0.300. The van der Waals surface area contributed by atoms with Gasteiger partial charge in [0.05, 0.1) is 5.92 Å². The number of hydrogen-bond acceptors (Lipinski definition) is 4. The van der Waals surface area contributed by atoms with Crippen molar-refractivity contribution < 1.29 is 19.5 Å². The van der Waals surface area contributed by atoms with Crippen molar-refractivity contribution in [2.75, 3.05) is 18.4 Å². The van der Waals surface area contributed by atoms with E-state index in [2.05, 4.69) is 15.6 Å². The summed E-state index contributed by atoms with van der Waals surface area (Å²) in [6, 6.07) is 12.1. The zero-order chi connectivity index (χ0) is 19.9. The number of anilines is 1. The molecule has 0 aliphatic carbocycles. The fourth-order valence-corrected chi connectivity index (χ4v) is 3.07. The molecule has 1 fully saturated rings. The summed E-state index contributed by atoms with van der Waals surface area (Å²) < 4.78 is 0. The second kappa shape index (κ2) is 8.98. The molecule has 1 aromatic carbocycles. The highest BCUT2D eigenvalue weighted by Crippen LogP contribution is 2.17. The molecule has 1 aliphatic rings. The largest absolute Gasteiger partial charge is 0.481 e. The topological polar surface area (TPSA) is 112 Å². The van der Waals surface area contributed by atoms with Gasteiger partial charge in [0.15, 0.2) is 0 Å². The van der Waals surface area contributed by atoms with Gasteiger partial charge in [-0.25, -0.2) is 4.79 Å². The van der Waals surface area contributed by atoms with E-state index >= 15 is 0 Å². The summed E-state index contributed by atoms with van der Waals surface area (Å²) in [6.45, 7) is 1.18. The lowest BCUT2D eigenvalue weighted by Crippen LogP contribution is -2.45. The van der Waals surface area contributed by atoms with E-state index in [1.807, 2.05) is 6.07 Å². The smallest absolute Gasteiger partial charge is 0.317 e.